The predicted octanol–water partition coefficient (Wildman–Crippen LogP) is 4.58. The molecule has 4 rings (SSSR count). The summed E-state index contributed by atoms with van der Waals surface area (Å²) in [5, 5.41) is 0. The number of fused-ring (bicyclic) bond motifs is 1. The lowest BCUT2D eigenvalue weighted by Crippen LogP contribution is -2.24. The second-order valence-electron chi connectivity index (χ2n) is 7.31. The van der Waals surface area contributed by atoms with E-state index in [4.69, 9.17) is 0 Å². The molecule has 0 spiro atoms. The van der Waals surface area contributed by atoms with Gasteiger partial charge in [0.2, 0.25) is 0 Å². The molecule has 28 heavy (non-hydrogen) atoms. The standard InChI is InChI=1S/C22H23N3O2S/c1-15-8-10-20(12-16(15)2)28(26,27)24-19-9-11-22(23-14-19)25-17(3)13-18-6-4-5-7-21(18)25/h4-12,14,17,24H,13H2,1-3H3. The molecule has 1 N–H and O–H groups in total. The second kappa shape index (κ2) is 6.95. The van der Waals surface area contributed by atoms with E-state index in [1.165, 1.54) is 5.56 Å². The number of aryl methyl sites for hydroxylation is 2. The van der Waals surface area contributed by atoms with Gasteiger partial charge >= 0.3 is 0 Å². The zero-order valence-electron chi connectivity index (χ0n) is 16.2. The fourth-order valence-electron chi connectivity index (χ4n) is 3.60. The molecule has 0 amide bonds. The maximum Gasteiger partial charge on any atom is 0.261 e. The summed E-state index contributed by atoms with van der Waals surface area (Å²) in [7, 11) is -3.65. The van der Waals surface area contributed by atoms with Gasteiger partial charge in [-0.2, -0.15) is 0 Å². The van der Waals surface area contributed by atoms with E-state index in [-0.39, 0.29) is 4.90 Å². The smallest absolute Gasteiger partial charge is 0.261 e. The van der Waals surface area contributed by atoms with Gasteiger partial charge in [-0.05, 0) is 74.2 Å². The average molecular weight is 394 g/mol. The molecule has 0 fully saturated rings. The molecule has 1 unspecified atom stereocenters. The molecule has 1 aromatic heterocycles. The number of nitrogens with zero attached hydrogens (tertiary/aromatic N) is 2. The average Bonchev–Trinajstić information content (AvgIpc) is 3.00. The maximum absolute atomic E-state index is 12.7. The van der Waals surface area contributed by atoms with E-state index in [0.29, 0.717) is 11.7 Å². The van der Waals surface area contributed by atoms with Gasteiger partial charge in [0.25, 0.3) is 10.0 Å². The minimum Gasteiger partial charge on any atom is -0.323 e. The summed E-state index contributed by atoms with van der Waals surface area (Å²) in [5.41, 5.74) is 4.91. The van der Waals surface area contributed by atoms with E-state index >= 15 is 0 Å². The zero-order valence-corrected chi connectivity index (χ0v) is 17.0. The molecule has 1 atom stereocenters. The molecule has 0 saturated heterocycles. The lowest BCUT2D eigenvalue weighted by atomic mass is 10.1. The maximum atomic E-state index is 12.7. The van der Waals surface area contributed by atoms with Crippen molar-refractivity contribution in [2.75, 3.05) is 9.62 Å². The Morgan fingerprint density at radius 3 is 2.54 bits per heavy atom. The number of hydrogen-bond acceptors (Lipinski definition) is 4. The lowest BCUT2D eigenvalue weighted by molar-refractivity contribution is 0.601. The fourth-order valence-corrected chi connectivity index (χ4v) is 4.73. The molecule has 1 aliphatic rings. The molecule has 2 aromatic carbocycles. The minimum atomic E-state index is -3.65. The Kier molecular flexibility index (Phi) is 4.59. The van der Waals surface area contributed by atoms with Crippen molar-refractivity contribution in [1.82, 2.24) is 4.98 Å². The van der Waals surface area contributed by atoms with Crippen LogP contribution in [-0.4, -0.2) is 19.4 Å². The van der Waals surface area contributed by atoms with Gasteiger partial charge in [-0.15, -0.1) is 0 Å². The lowest BCUT2D eigenvalue weighted by Gasteiger charge is -2.24. The Hall–Kier alpha value is -2.86. The molecule has 3 aromatic rings. The molecular formula is C22H23N3O2S. The minimum absolute atomic E-state index is 0.252. The largest absolute Gasteiger partial charge is 0.323 e. The van der Waals surface area contributed by atoms with Crippen molar-refractivity contribution in [3.63, 3.8) is 0 Å². The molecule has 1 aliphatic heterocycles. The van der Waals surface area contributed by atoms with Crippen molar-refractivity contribution in [3.05, 3.63) is 77.5 Å². The van der Waals surface area contributed by atoms with Gasteiger partial charge in [0.1, 0.15) is 5.82 Å². The Morgan fingerprint density at radius 2 is 1.82 bits per heavy atom. The third-order valence-corrected chi connectivity index (χ3v) is 6.62. The van der Waals surface area contributed by atoms with E-state index in [2.05, 4.69) is 33.7 Å². The summed E-state index contributed by atoms with van der Waals surface area (Å²) in [6.45, 7) is 6.02. The Morgan fingerprint density at radius 1 is 1.04 bits per heavy atom. The zero-order chi connectivity index (χ0) is 19.9. The monoisotopic (exact) mass is 393 g/mol. The van der Waals surface area contributed by atoms with E-state index in [0.717, 1.165) is 29.1 Å². The topological polar surface area (TPSA) is 62.3 Å². The Balaban J connectivity index is 1.58. The molecule has 5 nitrogen and oxygen atoms in total. The van der Waals surface area contributed by atoms with Crippen molar-refractivity contribution in [3.8, 4) is 0 Å². The van der Waals surface area contributed by atoms with E-state index < -0.39 is 10.0 Å². The van der Waals surface area contributed by atoms with Crippen LogP contribution in [0.5, 0.6) is 0 Å². The van der Waals surface area contributed by atoms with Gasteiger partial charge in [0, 0.05) is 11.7 Å². The molecule has 0 saturated carbocycles. The summed E-state index contributed by atoms with van der Waals surface area (Å²) in [6, 6.07) is 17.3. The number of anilines is 3. The molecule has 0 bridgehead atoms. The molecular weight excluding hydrogens is 370 g/mol. The fraction of sp³-hybridized carbons (Fsp3) is 0.227. The summed E-state index contributed by atoms with van der Waals surface area (Å²) < 4.78 is 28.0. The van der Waals surface area contributed by atoms with Crippen molar-refractivity contribution in [2.45, 2.75) is 38.1 Å². The van der Waals surface area contributed by atoms with Gasteiger partial charge in [-0.3, -0.25) is 4.72 Å². The van der Waals surface area contributed by atoms with Gasteiger partial charge in [0.15, 0.2) is 0 Å². The predicted molar refractivity (Wildman–Crippen MR) is 113 cm³/mol. The summed E-state index contributed by atoms with van der Waals surface area (Å²) in [6.07, 6.45) is 2.54. The third kappa shape index (κ3) is 3.36. The molecule has 0 aliphatic carbocycles. The first-order valence-corrected chi connectivity index (χ1v) is 10.8. The van der Waals surface area contributed by atoms with Crippen LogP contribution in [0.1, 0.15) is 23.6 Å². The van der Waals surface area contributed by atoms with Crippen molar-refractivity contribution in [2.24, 2.45) is 0 Å². The summed E-state index contributed by atoms with van der Waals surface area (Å²) in [5.74, 6) is 0.812. The number of rotatable bonds is 4. The molecule has 144 valence electrons. The molecule has 0 radical (unpaired) electrons. The van der Waals surface area contributed by atoms with E-state index in [1.807, 2.05) is 38.1 Å². The first-order chi connectivity index (χ1) is 13.3. The Bertz CT molecular complexity index is 1120. The first kappa shape index (κ1) is 18.5. The molecule has 6 heteroatoms. The van der Waals surface area contributed by atoms with E-state index in [1.54, 1.807) is 24.4 Å². The van der Waals surface area contributed by atoms with Gasteiger partial charge in [0.05, 0.1) is 16.8 Å². The summed E-state index contributed by atoms with van der Waals surface area (Å²) in [4.78, 5) is 6.96. The number of aromatic nitrogens is 1. The highest BCUT2D eigenvalue weighted by atomic mass is 32.2. The van der Waals surface area contributed by atoms with Crippen LogP contribution >= 0.6 is 0 Å². The highest BCUT2D eigenvalue weighted by Crippen LogP contribution is 2.37. The van der Waals surface area contributed by atoms with Crippen molar-refractivity contribution in [1.29, 1.82) is 0 Å². The normalized spacial score (nSPS) is 16.1. The number of hydrogen-bond donors (Lipinski definition) is 1. The molecule has 2 heterocycles. The van der Waals surface area contributed by atoms with Gasteiger partial charge in [-0.1, -0.05) is 24.3 Å². The number of benzene rings is 2. The van der Waals surface area contributed by atoms with Crippen LogP contribution in [0.3, 0.4) is 0 Å². The first-order valence-electron chi connectivity index (χ1n) is 9.28. The third-order valence-electron chi connectivity index (χ3n) is 5.24. The summed E-state index contributed by atoms with van der Waals surface area (Å²) >= 11 is 0. The number of para-hydroxylation sites is 1. The number of pyridine rings is 1. The quantitative estimate of drug-likeness (QED) is 0.705. The van der Waals surface area contributed by atoms with Crippen LogP contribution in [0.25, 0.3) is 0 Å². The number of sulfonamides is 1. The Labute approximate surface area is 166 Å². The second-order valence-corrected chi connectivity index (χ2v) is 8.99. The van der Waals surface area contributed by atoms with Gasteiger partial charge in [-0.25, -0.2) is 13.4 Å². The number of nitrogens with one attached hydrogen (secondary N) is 1. The highest BCUT2D eigenvalue weighted by molar-refractivity contribution is 7.92. The van der Waals surface area contributed by atoms with Crippen LogP contribution in [0.4, 0.5) is 17.2 Å². The van der Waals surface area contributed by atoms with Crippen LogP contribution in [0.15, 0.2) is 65.7 Å². The highest BCUT2D eigenvalue weighted by Gasteiger charge is 2.27. The van der Waals surface area contributed by atoms with Gasteiger partial charge < -0.3 is 4.90 Å². The van der Waals surface area contributed by atoms with E-state index in [9.17, 15) is 8.42 Å². The van der Waals surface area contributed by atoms with Crippen molar-refractivity contribution < 1.29 is 8.42 Å². The van der Waals surface area contributed by atoms with Crippen LogP contribution in [0, 0.1) is 13.8 Å². The SMILES string of the molecule is Cc1ccc(S(=O)(=O)Nc2ccc(N3c4ccccc4CC3C)nc2)cc1C. The van der Waals surface area contributed by atoms with Crippen molar-refractivity contribution >= 4 is 27.2 Å². The van der Waals surface area contributed by atoms with Crippen LogP contribution in [-0.2, 0) is 16.4 Å². The van der Waals surface area contributed by atoms with Crippen LogP contribution < -0.4 is 9.62 Å². The van der Waals surface area contributed by atoms with Crippen LogP contribution in [0.2, 0.25) is 0 Å².